The molecule has 42 heavy (non-hydrogen) atoms. The van der Waals surface area contributed by atoms with Crippen molar-refractivity contribution in [1.82, 2.24) is 4.98 Å². The predicted molar refractivity (Wildman–Crippen MR) is 149 cm³/mol. The SMILES string of the molecule is O=C(c1ccccc1)c1[nH]c(C(C(=O)[O-])C(=O)c2ccccc2)c(C(=O)c2ccccc2)c1C(=O)c1ccccc1.[Na+]. The monoisotopic (exact) mass is 563 g/mol. The molecule has 1 atom stereocenters. The molecule has 5 rings (SSSR count). The molecule has 8 heteroatoms. The third kappa shape index (κ3) is 5.99. The molecular weight excluding hydrogens is 541 g/mol. The molecule has 0 spiro atoms. The van der Waals surface area contributed by atoms with E-state index in [-0.39, 0.29) is 68.6 Å². The number of aromatic amines is 1. The van der Waals surface area contributed by atoms with Crippen molar-refractivity contribution in [2.75, 3.05) is 0 Å². The largest absolute Gasteiger partial charge is 1.00 e. The summed E-state index contributed by atoms with van der Waals surface area (Å²) in [5.74, 6) is -6.74. The minimum Gasteiger partial charge on any atom is -0.549 e. The van der Waals surface area contributed by atoms with Crippen LogP contribution in [-0.4, -0.2) is 34.1 Å². The van der Waals surface area contributed by atoms with Crippen molar-refractivity contribution >= 4 is 29.1 Å². The number of carboxylic acid groups (broad SMARTS) is 1. The summed E-state index contributed by atoms with van der Waals surface area (Å²) in [5.41, 5.74) is -0.831. The van der Waals surface area contributed by atoms with Gasteiger partial charge in [-0.1, -0.05) is 121 Å². The van der Waals surface area contributed by atoms with Crippen LogP contribution >= 0.6 is 0 Å². The number of carbonyl (C=O) groups is 5. The van der Waals surface area contributed by atoms with Gasteiger partial charge in [-0.05, 0) is 0 Å². The van der Waals surface area contributed by atoms with Crippen molar-refractivity contribution in [1.29, 1.82) is 0 Å². The van der Waals surface area contributed by atoms with Crippen LogP contribution in [0.25, 0.3) is 0 Å². The molecule has 1 aromatic heterocycles. The maximum atomic E-state index is 14.1. The zero-order chi connectivity index (χ0) is 28.9. The van der Waals surface area contributed by atoms with E-state index in [2.05, 4.69) is 4.98 Å². The summed E-state index contributed by atoms with van der Waals surface area (Å²) >= 11 is 0. The Morgan fingerprint density at radius 1 is 0.500 bits per heavy atom. The van der Waals surface area contributed by atoms with E-state index in [4.69, 9.17) is 0 Å². The Hall–Kier alpha value is -4.69. The Bertz CT molecular complexity index is 1760. The summed E-state index contributed by atoms with van der Waals surface area (Å²) in [7, 11) is 0. The van der Waals surface area contributed by atoms with Gasteiger partial charge in [-0.25, -0.2) is 0 Å². The predicted octanol–water partition coefficient (Wildman–Crippen LogP) is 1.43. The quantitative estimate of drug-likeness (QED) is 0.156. The topological polar surface area (TPSA) is 124 Å². The summed E-state index contributed by atoms with van der Waals surface area (Å²) in [4.78, 5) is 70.8. The first-order valence-electron chi connectivity index (χ1n) is 12.7. The van der Waals surface area contributed by atoms with Gasteiger partial charge in [0.1, 0.15) is 5.92 Å². The van der Waals surface area contributed by atoms with Gasteiger partial charge in [0.15, 0.2) is 17.3 Å². The van der Waals surface area contributed by atoms with Gasteiger partial charge in [-0.3, -0.25) is 19.2 Å². The molecule has 0 radical (unpaired) electrons. The van der Waals surface area contributed by atoms with Gasteiger partial charge in [-0.15, -0.1) is 0 Å². The van der Waals surface area contributed by atoms with Gasteiger partial charge in [0.25, 0.3) is 0 Å². The molecule has 1 unspecified atom stereocenters. The van der Waals surface area contributed by atoms with Crippen LogP contribution < -0.4 is 34.7 Å². The third-order valence-electron chi connectivity index (χ3n) is 6.66. The fourth-order valence-corrected chi connectivity index (χ4v) is 4.70. The maximum absolute atomic E-state index is 14.1. The average Bonchev–Trinajstić information content (AvgIpc) is 3.41. The van der Waals surface area contributed by atoms with E-state index in [0.29, 0.717) is 0 Å². The number of hydrogen-bond donors (Lipinski definition) is 1. The van der Waals surface area contributed by atoms with Crippen molar-refractivity contribution in [3.63, 3.8) is 0 Å². The van der Waals surface area contributed by atoms with E-state index in [0.717, 1.165) is 0 Å². The third-order valence-corrected chi connectivity index (χ3v) is 6.66. The van der Waals surface area contributed by atoms with Crippen LogP contribution in [0.5, 0.6) is 0 Å². The summed E-state index contributed by atoms with van der Waals surface area (Å²) in [6.45, 7) is 0. The van der Waals surface area contributed by atoms with E-state index in [9.17, 15) is 29.1 Å². The Morgan fingerprint density at radius 3 is 1.26 bits per heavy atom. The first-order valence-corrected chi connectivity index (χ1v) is 12.7. The molecule has 7 nitrogen and oxygen atoms in total. The number of H-pyrrole nitrogens is 1. The summed E-state index contributed by atoms with van der Waals surface area (Å²) in [6.07, 6.45) is 0. The number of carboxylic acids is 1. The number of carbonyl (C=O) groups excluding carboxylic acids is 5. The second-order valence-electron chi connectivity index (χ2n) is 9.23. The molecule has 0 saturated heterocycles. The molecule has 0 aliphatic heterocycles. The van der Waals surface area contributed by atoms with Crippen LogP contribution in [0.1, 0.15) is 69.9 Å². The van der Waals surface area contributed by atoms with Gasteiger partial charge in [0.05, 0.1) is 22.8 Å². The Labute approximate surface area is 263 Å². The Balaban J connectivity index is 0.00000405. The number of Topliss-reactive ketones (excluding diaryl/α,β-unsaturated/α-hetero) is 1. The fourth-order valence-electron chi connectivity index (χ4n) is 4.70. The van der Waals surface area contributed by atoms with E-state index in [1.807, 2.05) is 0 Å². The zero-order valence-electron chi connectivity index (χ0n) is 22.6. The van der Waals surface area contributed by atoms with E-state index in [1.165, 1.54) is 48.5 Å². The molecule has 0 amide bonds. The van der Waals surface area contributed by atoms with Crippen LogP contribution in [0.3, 0.4) is 0 Å². The second-order valence-corrected chi connectivity index (χ2v) is 9.23. The number of nitrogens with one attached hydrogen (secondary N) is 1. The van der Waals surface area contributed by atoms with Crippen molar-refractivity contribution in [3.8, 4) is 0 Å². The fraction of sp³-hybridized carbons (Fsp3) is 0.0294. The summed E-state index contributed by atoms with van der Waals surface area (Å²) in [5, 5.41) is 12.6. The average molecular weight is 564 g/mol. The molecule has 1 heterocycles. The molecule has 200 valence electrons. The van der Waals surface area contributed by atoms with Crippen molar-refractivity contribution in [3.05, 3.63) is 166 Å². The zero-order valence-corrected chi connectivity index (χ0v) is 24.6. The first kappa shape index (κ1) is 30.3. The number of aromatic nitrogens is 1. The molecule has 0 fully saturated rings. The number of benzene rings is 4. The van der Waals surface area contributed by atoms with E-state index >= 15 is 0 Å². The molecule has 0 saturated carbocycles. The summed E-state index contributed by atoms with van der Waals surface area (Å²) in [6, 6.07) is 31.6. The molecule has 0 aliphatic rings. The van der Waals surface area contributed by atoms with E-state index in [1.54, 1.807) is 72.8 Å². The number of ketones is 4. The molecule has 1 N–H and O–H groups in total. The van der Waals surface area contributed by atoms with Crippen LogP contribution in [0, 0.1) is 0 Å². The standard InChI is InChI=1S/C34H23NO6.Na/c36-30(21-13-5-1-6-14-21)25-26(31(37)22-15-7-2-8-16-22)29(33(39)24-19-11-4-12-20-24)35-28(25)27(34(40)41)32(38)23-17-9-3-10-18-23;/h1-20,27,35H,(H,40,41);/q;+1/p-1. The van der Waals surface area contributed by atoms with Crippen LogP contribution in [0.15, 0.2) is 121 Å². The molecule has 0 bridgehead atoms. The van der Waals surface area contributed by atoms with Gasteiger partial charge in [0, 0.05) is 27.9 Å². The smallest absolute Gasteiger partial charge is 0.549 e. The van der Waals surface area contributed by atoms with Crippen molar-refractivity contribution in [2.45, 2.75) is 5.92 Å². The van der Waals surface area contributed by atoms with Crippen molar-refractivity contribution in [2.24, 2.45) is 0 Å². The van der Waals surface area contributed by atoms with Gasteiger partial charge < -0.3 is 14.9 Å². The van der Waals surface area contributed by atoms with Crippen molar-refractivity contribution < 1.29 is 58.6 Å². The number of hydrogen-bond acceptors (Lipinski definition) is 6. The molecule has 4 aromatic carbocycles. The second kappa shape index (κ2) is 13.3. The van der Waals surface area contributed by atoms with Gasteiger partial charge in [0.2, 0.25) is 5.78 Å². The summed E-state index contributed by atoms with van der Waals surface area (Å²) < 4.78 is 0. The Kier molecular flexibility index (Phi) is 9.60. The van der Waals surface area contributed by atoms with Crippen LogP contribution in [0.2, 0.25) is 0 Å². The van der Waals surface area contributed by atoms with Crippen LogP contribution in [0.4, 0.5) is 0 Å². The molecule has 5 aromatic rings. The van der Waals surface area contributed by atoms with Crippen LogP contribution in [-0.2, 0) is 4.79 Å². The first-order chi connectivity index (χ1) is 19.9. The minimum atomic E-state index is -2.01. The molecular formula is C34H22NNaO6. The minimum absolute atomic E-state index is 0. The van der Waals surface area contributed by atoms with Gasteiger partial charge in [-0.2, -0.15) is 0 Å². The maximum Gasteiger partial charge on any atom is 1.00 e. The number of aliphatic carboxylic acids is 1. The van der Waals surface area contributed by atoms with Gasteiger partial charge >= 0.3 is 29.6 Å². The normalized spacial score (nSPS) is 11.1. The molecule has 0 aliphatic carbocycles. The van der Waals surface area contributed by atoms with E-state index < -0.39 is 40.7 Å². The Morgan fingerprint density at radius 2 is 0.857 bits per heavy atom. The number of rotatable bonds is 10.